The maximum atomic E-state index is 12.9. The number of non-ortho nitro benzene ring substituents is 1. The van der Waals surface area contributed by atoms with Crippen LogP contribution in [-0.2, 0) is 16.6 Å². The van der Waals surface area contributed by atoms with E-state index < -0.39 is 20.9 Å². The summed E-state index contributed by atoms with van der Waals surface area (Å²) in [6.45, 7) is 0.218. The fraction of sp³-hybridized carbons (Fsp3) is 0.136. The quantitative estimate of drug-likeness (QED) is 0.361. The molecule has 0 aromatic heterocycles. The third-order valence-corrected chi connectivity index (χ3v) is 6.00. The average molecular weight is 471 g/mol. The molecule has 33 heavy (non-hydrogen) atoms. The second kappa shape index (κ2) is 10.0. The molecule has 0 bridgehead atoms. The number of hydrogen-bond acceptors (Lipinski definition) is 7. The van der Waals surface area contributed by atoms with Crippen LogP contribution in [0, 0.1) is 10.1 Å². The van der Waals surface area contributed by atoms with Crippen LogP contribution in [0.2, 0.25) is 0 Å². The van der Waals surface area contributed by atoms with Crippen molar-refractivity contribution in [1.82, 2.24) is 5.32 Å². The van der Waals surface area contributed by atoms with E-state index in [2.05, 4.69) is 10.0 Å². The summed E-state index contributed by atoms with van der Waals surface area (Å²) in [5.74, 6) is 0.289. The van der Waals surface area contributed by atoms with Crippen molar-refractivity contribution in [1.29, 1.82) is 0 Å². The molecular formula is C22H21N3O7S. The van der Waals surface area contributed by atoms with Gasteiger partial charge in [0.05, 0.1) is 29.7 Å². The van der Waals surface area contributed by atoms with Crippen molar-refractivity contribution in [3.05, 3.63) is 88.0 Å². The number of sulfonamides is 1. The molecule has 0 aliphatic carbocycles. The average Bonchev–Trinajstić information content (AvgIpc) is 2.82. The zero-order chi connectivity index (χ0) is 24.0. The molecule has 0 unspecified atom stereocenters. The lowest BCUT2D eigenvalue weighted by Crippen LogP contribution is -2.23. The molecule has 11 heteroatoms. The molecule has 0 saturated carbocycles. The Bertz CT molecular complexity index is 1290. The molecule has 0 spiro atoms. The molecule has 172 valence electrons. The fourth-order valence-corrected chi connectivity index (χ4v) is 4.07. The number of rotatable bonds is 9. The molecule has 1 amide bonds. The number of carbonyl (C=O) groups excluding carboxylic acids is 1. The van der Waals surface area contributed by atoms with Gasteiger partial charge >= 0.3 is 0 Å². The maximum absolute atomic E-state index is 12.9. The minimum Gasteiger partial charge on any atom is -0.497 e. The van der Waals surface area contributed by atoms with Gasteiger partial charge in [-0.25, -0.2) is 8.42 Å². The van der Waals surface area contributed by atoms with Crippen molar-refractivity contribution in [2.45, 2.75) is 11.4 Å². The molecule has 0 atom stereocenters. The Morgan fingerprint density at radius 1 is 1.00 bits per heavy atom. The van der Waals surface area contributed by atoms with Gasteiger partial charge in [-0.05, 0) is 42.0 Å². The molecule has 0 aliphatic heterocycles. The Labute approximate surface area is 190 Å². The molecule has 0 heterocycles. The molecular weight excluding hydrogens is 450 g/mol. The van der Waals surface area contributed by atoms with Gasteiger partial charge in [-0.1, -0.05) is 18.2 Å². The first kappa shape index (κ1) is 23.5. The SMILES string of the molecule is COc1cccc(CNC(=O)c2cccc(S(=O)(=O)Nc3cc([N+](=O)[O-])ccc3OC)c2)c1. The van der Waals surface area contributed by atoms with Gasteiger partial charge in [0.2, 0.25) is 0 Å². The second-order valence-corrected chi connectivity index (χ2v) is 8.49. The number of amides is 1. The van der Waals surface area contributed by atoms with E-state index in [9.17, 15) is 23.3 Å². The van der Waals surface area contributed by atoms with Gasteiger partial charge in [-0.3, -0.25) is 19.6 Å². The molecule has 3 aromatic carbocycles. The van der Waals surface area contributed by atoms with Crippen molar-refractivity contribution in [3.8, 4) is 11.5 Å². The van der Waals surface area contributed by atoms with Crippen LogP contribution < -0.4 is 19.5 Å². The molecule has 3 aromatic rings. The highest BCUT2D eigenvalue weighted by atomic mass is 32.2. The summed E-state index contributed by atoms with van der Waals surface area (Å²) in [5.41, 5.74) is 0.538. The summed E-state index contributed by atoms with van der Waals surface area (Å²) in [5, 5.41) is 13.8. The first-order chi connectivity index (χ1) is 15.7. The van der Waals surface area contributed by atoms with Crippen LogP contribution in [0.25, 0.3) is 0 Å². The number of nitrogens with zero attached hydrogens (tertiary/aromatic N) is 1. The number of nitro benzene ring substituents is 1. The molecule has 0 radical (unpaired) electrons. The molecule has 0 fully saturated rings. The number of carbonyl (C=O) groups is 1. The Balaban J connectivity index is 1.79. The number of nitro groups is 1. The van der Waals surface area contributed by atoms with Crippen LogP contribution in [0.4, 0.5) is 11.4 Å². The number of nitrogens with one attached hydrogen (secondary N) is 2. The van der Waals surface area contributed by atoms with Crippen molar-refractivity contribution < 1.29 is 27.6 Å². The summed E-state index contributed by atoms with van der Waals surface area (Å²) in [4.78, 5) is 22.8. The lowest BCUT2D eigenvalue weighted by Gasteiger charge is -2.12. The minimum atomic E-state index is -4.17. The third kappa shape index (κ3) is 5.77. The summed E-state index contributed by atoms with van der Waals surface area (Å²) in [6.07, 6.45) is 0. The van der Waals surface area contributed by atoms with Crippen LogP contribution in [0.1, 0.15) is 15.9 Å². The highest BCUT2D eigenvalue weighted by Gasteiger charge is 2.20. The number of anilines is 1. The Morgan fingerprint density at radius 3 is 2.45 bits per heavy atom. The lowest BCUT2D eigenvalue weighted by molar-refractivity contribution is -0.384. The van der Waals surface area contributed by atoms with E-state index in [1.54, 1.807) is 25.3 Å². The summed E-state index contributed by atoms with van der Waals surface area (Å²) < 4.78 is 38.3. The van der Waals surface area contributed by atoms with Gasteiger partial charge in [-0.15, -0.1) is 0 Å². The smallest absolute Gasteiger partial charge is 0.271 e. The van der Waals surface area contributed by atoms with Crippen LogP contribution >= 0.6 is 0 Å². The standard InChI is InChI=1S/C22H21N3O7S/c1-31-18-7-3-5-15(11-18)14-23-22(26)16-6-4-8-19(12-16)33(29,30)24-20-13-17(25(27)28)9-10-21(20)32-2/h3-13,24H,14H2,1-2H3,(H,23,26). The van der Waals surface area contributed by atoms with E-state index in [-0.39, 0.29) is 34.1 Å². The van der Waals surface area contributed by atoms with E-state index in [1.165, 1.54) is 43.5 Å². The van der Waals surface area contributed by atoms with E-state index >= 15 is 0 Å². The lowest BCUT2D eigenvalue weighted by atomic mass is 10.2. The third-order valence-electron chi connectivity index (χ3n) is 4.63. The molecule has 10 nitrogen and oxygen atoms in total. The van der Waals surface area contributed by atoms with E-state index in [0.717, 1.165) is 11.6 Å². The number of ether oxygens (including phenoxy) is 2. The number of hydrogen-bond donors (Lipinski definition) is 2. The van der Waals surface area contributed by atoms with Crippen molar-refractivity contribution in [2.24, 2.45) is 0 Å². The zero-order valence-electron chi connectivity index (χ0n) is 17.8. The second-order valence-electron chi connectivity index (χ2n) is 6.81. The largest absolute Gasteiger partial charge is 0.497 e. The normalized spacial score (nSPS) is 10.8. The highest BCUT2D eigenvalue weighted by Crippen LogP contribution is 2.31. The molecule has 3 rings (SSSR count). The van der Waals surface area contributed by atoms with Crippen molar-refractivity contribution in [2.75, 3.05) is 18.9 Å². The van der Waals surface area contributed by atoms with E-state index in [4.69, 9.17) is 9.47 Å². The van der Waals surface area contributed by atoms with Gasteiger partial charge in [0.15, 0.2) is 0 Å². The molecule has 0 saturated heterocycles. The maximum Gasteiger partial charge on any atom is 0.271 e. The monoisotopic (exact) mass is 471 g/mol. The Kier molecular flexibility index (Phi) is 7.13. The molecule has 0 aliphatic rings. The van der Waals surface area contributed by atoms with E-state index in [0.29, 0.717) is 5.75 Å². The van der Waals surface area contributed by atoms with Crippen molar-refractivity contribution >= 4 is 27.3 Å². The first-order valence-corrected chi connectivity index (χ1v) is 11.1. The predicted molar refractivity (Wildman–Crippen MR) is 121 cm³/mol. The van der Waals surface area contributed by atoms with Gasteiger partial charge in [0.1, 0.15) is 11.5 Å². The van der Waals surface area contributed by atoms with Crippen LogP contribution in [-0.4, -0.2) is 33.5 Å². The van der Waals surface area contributed by atoms with Gasteiger partial charge in [-0.2, -0.15) is 0 Å². The topological polar surface area (TPSA) is 137 Å². The Hall–Kier alpha value is -4.12. The van der Waals surface area contributed by atoms with Crippen LogP contribution in [0.3, 0.4) is 0 Å². The first-order valence-electron chi connectivity index (χ1n) is 9.60. The fourth-order valence-electron chi connectivity index (χ4n) is 2.96. The summed E-state index contributed by atoms with van der Waals surface area (Å²) in [6, 6.07) is 16.1. The van der Waals surface area contributed by atoms with Crippen LogP contribution in [0.15, 0.2) is 71.6 Å². The Morgan fingerprint density at radius 2 is 1.76 bits per heavy atom. The number of benzene rings is 3. The van der Waals surface area contributed by atoms with Gasteiger partial charge in [0.25, 0.3) is 21.6 Å². The van der Waals surface area contributed by atoms with Gasteiger partial charge in [0, 0.05) is 24.2 Å². The number of methoxy groups -OCH3 is 2. The summed E-state index contributed by atoms with van der Waals surface area (Å²) in [7, 11) is -1.32. The van der Waals surface area contributed by atoms with Gasteiger partial charge < -0.3 is 14.8 Å². The minimum absolute atomic E-state index is 0.0976. The zero-order valence-corrected chi connectivity index (χ0v) is 18.6. The summed E-state index contributed by atoms with van der Waals surface area (Å²) >= 11 is 0. The predicted octanol–water partition coefficient (Wildman–Crippen LogP) is 3.34. The van der Waals surface area contributed by atoms with Crippen molar-refractivity contribution in [3.63, 3.8) is 0 Å². The highest BCUT2D eigenvalue weighted by molar-refractivity contribution is 7.92. The van der Waals surface area contributed by atoms with Crippen LogP contribution in [0.5, 0.6) is 11.5 Å². The molecule has 2 N–H and O–H groups in total. The van der Waals surface area contributed by atoms with E-state index in [1.807, 2.05) is 6.07 Å².